The van der Waals surface area contributed by atoms with E-state index in [4.69, 9.17) is 4.74 Å². The minimum Gasteiger partial charge on any atom is -0.478 e. The van der Waals surface area contributed by atoms with E-state index in [1.165, 1.54) is 17.3 Å². The van der Waals surface area contributed by atoms with Gasteiger partial charge in [-0.1, -0.05) is 23.9 Å². The van der Waals surface area contributed by atoms with Gasteiger partial charge in [0.05, 0.1) is 18.0 Å². The predicted octanol–water partition coefficient (Wildman–Crippen LogP) is 3.69. The lowest BCUT2D eigenvalue weighted by molar-refractivity contribution is -0.118. The molecular weight excluding hydrogens is 372 g/mol. The third-order valence-corrected chi connectivity index (χ3v) is 5.11. The molecule has 2 heterocycles. The van der Waals surface area contributed by atoms with Gasteiger partial charge in [0, 0.05) is 31.2 Å². The Morgan fingerprint density at radius 3 is 2.86 bits per heavy atom. The van der Waals surface area contributed by atoms with E-state index in [0.717, 1.165) is 22.0 Å². The average molecular weight is 397 g/mol. The summed E-state index contributed by atoms with van der Waals surface area (Å²) in [5.41, 5.74) is 4.39. The first kappa shape index (κ1) is 19.9. The van der Waals surface area contributed by atoms with E-state index in [-0.39, 0.29) is 5.91 Å². The maximum Gasteiger partial charge on any atom is 0.230 e. The standard InChI is InChI=1S/C21H24N4O2S/c1-4-27-20-12-17(7-8-22-20)13-24-19(26)14-28-21-23-9-10-25(21)18-11-15(2)5-6-16(18)3/h5-12H,4,13-14H2,1-3H3,(H,24,26). The highest BCUT2D eigenvalue weighted by atomic mass is 32.2. The van der Waals surface area contributed by atoms with Crippen molar-refractivity contribution in [1.29, 1.82) is 0 Å². The van der Waals surface area contributed by atoms with Crippen LogP contribution in [0.2, 0.25) is 0 Å². The number of aromatic nitrogens is 3. The first-order chi connectivity index (χ1) is 13.6. The van der Waals surface area contributed by atoms with Crippen molar-refractivity contribution < 1.29 is 9.53 Å². The van der Waals surface area contributed by atoms with E-state index in [2.05, 4.69) is 47.3 Å². The van der Waals surface area contributed by atoms with Gasteiger partial charge in [-0.2, -0.15) is 0 Å². The Morgan fingerprint density at radius 2 is 2.04 bits per heavy atom. The molecule has 146 valence electrons. The van der Waals surface area contributed by atoms with Gasteiger partial charge in [0.1, 0.15) is 0 Å². The molecule has 0 unspecified atom stereocenters. The van der Waals surface area contributed by atoms with Crippen LogP contribution in [0.15, 0.2) is 54.1 Å². The Labute approximate surface area is 169 Å². The summed E-state index contributed by atoms with van der Waals surface area (Å²) >= 11 is 1.42. The van der Waals surface area contributed by atoms with Gasteiger partial charge in [0.15, 0.2) is 5.16 Å². The number of carbonyl (C=O) groups is 1. The highest BCUT2D eigenvalue weighted by molar-refractivity contribution is 7.99. The van der Waals surface area contributed by atoms with Crippen LogP contribution < -0.4 is 10.1 Å². The molecule has 0 radical (unpaired) electrons. The van der Waals surface area contributed by atoms with Gasteiger partial charge >= 0.3 is 0 Å². The number of carbonyl (C=O) groups excluding carboxylic acids is 1. The lowest BCUT2D eigenvalue weighted by Gasteiger charge is -2.11. The predicted molar refractivity (Wildman–Crippen MR) is 111 cm³/mol. The molecule has 0 aliphatic rings. The second-order valence-corrected chi connectivity index (χ2v) is 7.31. The van der Waals surface area contributed by atoms with E-state index in [1.54, 1.807) is 12.4 Å². The lowest BCUT2D eigenvalue weighted by Crippen LogP contribution is -2.24. The zero-order valence-electron chi connectivity index (χ0n) is 16.3. The molecule has 6 nitrogen and oxygen atoms in total. The summed E-state index contributed by atoms with van der Waals surface area (Å²) in [6.45, 7) is 7.05. The molecule has 0 fully saturated rings. The van der Waals surface area contributed by atoms with Crippen LogP contribution in [0, 0.1) is 13.8 Å². The molecular formula is C21H24N4O2S. The van der Waals surface area contributed by atoms with E-state index >= 15 is 0 Å². The van der Waals surface area contributed by atoms with Gasteiger partial charge in [-0.25, -0.2) is 9.97 Å². The van der Waals surface area contributed by atoms with Gasteiger partial charge in [-0.15, -0.1) is 0 Å². The molecule has 0 saturated carbocycles. The minimum absolute atomic E-state index is 0.0460. The summed E-state index contributed by atoms with van der Waals surface area (Å²) in [5.74, 6) is 0.820. The number of aryl methyl sites for hydroxylation is 2. The third-order valence-electron chi connectivity index (χ3n) is 4.14. The SMILES string of the molecule is CCOc1cc(CNC(=O)CSc2nccn2-c2cc(C)ccc2C)ccn1. The number of pyridine rings is 1. The number of thioether (sulfide) groups is 1. The number of imidazole rings is 1. The molecule has 0 atom stereocenters. The van der Waals surface area contributed by atoms with Crippen LogP contribution in [0.3, 0.4) is 0 Å². The fraction of sp³-hybridized carbons (Fsp3) is 0.286. The highest BCUT2D eigenvalue weighted by Crippen LogP contribution is 2.23. The van der Waals surface area contributed by atoms with Crippen LogP contribution in [0.4, 0.5) is 0 Å². The lowest BCUT2D eigenvalue weighted by atomic mass is 10.1. The van der Waals surface area contributed by atoms with E-state index in [9.17, 15) is 4.79 Å². The van der Waals surface area contributed by atoms with Crippen molar-refractivity contribution in [2.24, 2.45) is 0 Å². The molecule has 3 rings (SSSR count). The molecule has 0 aliphatic carbocycles. The Morgan fingerprint density at radius 1 is 1.18 bits per heavy atom. The van der Waals surface area contributed by atoms with E-state index in [0.29, 0.717) is 24.8 Å². The molecule has 0 spiro atoms. The third kappa shape index (κ3) is 5.13. The maximum absolute atomic E-state index is 12.3. The fourth-order valence-corrected chi connectivity index (χ4v) is 3.52. The Hall–Kier alpha value is -2.80. The largest absolute Gasteiger partial charge is 0.478 e. The molecule has 28 heavy (non-hydrogen) atoms. The fourth-order valence-electron chi connectivity index (χ4n) is 2.73. The van der Waals surface area contributed by atoms with Crippen molar-refractivity contribution >= 4 is 17.7 Å². The highest BCUT2D eigenvalue weighted by Gasteiger charge is 2.11. The summed E-state index contributed by atoms with van der Waals surface area (Å²) in [6, 6.07) is 10.0. The van der Waals surface area contributed by atoms with Crippen molar-refractivity contribution in [3.8, 4) is 11.6 Å². The number of nitrogens with one attached hydrogen (secondary N) is 1. The smallest absolute Gasteiger partial charge is 0.230 e. The number of rotatable bonds is 8. The number of ether oxygens (including phenoxy) is 1. The second kappa shape index (κ2) is 9.41. The topological polar surface area (TPSA) is 69.0 Å². The number of benzene rings is 1. The van der Waals surface area contributed by atoms with Crippen LogP contribution in [0.5, 0.6) is 5.88 Å². The van der Waals surface area contributed by atoms with Gasteiger partial charge in [-0.05, 0) is 49.6 Å². The van der Waals surface area contributed by atoms with Crippen LogP contribution in [0.1, 0.15) is 23.6 Å². The van der Waals surface area contributed by atoms with Crippen molar-refractivity contribution in [3.63, 3.8) is 0 Å². The van der Waals surface area contributed by atoms with Gasteiger partial charge < -0.3 is 10.1 Å². The van der Waals surface area contributed by atoms with E-state index < -0.39 is 0 Å². The molecule has 0 aliphatic heterocycles. The Bertz CT molecular complexity index is 955. The molecule has 1 aromatic carbocycles. The van der Waals surface area contributed by atoms with E-state index in [1.807, 2.05) is 29.8 Å². The summed E-state index contributed by atoms with van der Waals surface area (Å²) in [5, 5.41) is 3.73. The van der Waals surface area contributed by atoms with Gasteiger partial charge in [-0.3, -0.25) is 9.36 Å². The zero-order chi connectivity index (χ0) is 19.9. The van der Waals surface area contributed by atoms with Gasteiger partial charge in [0.2, 0.25) is 11.8 Å². The number of amides is 1. The zero-order valence-corrected chi connectivity index (χ0v) is 17.1. The molecule has 1 amide bonds. The summed E-state index contributed by atoms with van der Waals surface area (Å²) in [6.07, 6.45) is 5.37. The molecule has 2 aromatic heterocycles. The first-order valence-electron chi connectivity index (χ1n) is 9.15. The van der Waals surface area contributed by atoms with Gasteiger partial charge in [0.25, 0.3) is 0 Å². The van der Waals surface area contributed by atoms with Crippen LogP contribution in [0.25, 0.3) is 5.69 Å². The average Bonchev–Trinajstić information content (AvgIpc) is 3.15. The first-order valence-corrected chi connectivity index (χ1v) is 10.1. The Balaban J connectivity index is 1.58. The molecule has 7 heteroatoms. The normalized spacial score (nSPS) is 10.7. The van der Waals surface area contributed by atoms with Crippen molar-refractivity contribution in [1.82, 2.24) is 19.9 Å². The molecule has 3 aromatic rings. The quantitative estimate of drug-likeness (QED) is 0.588. The number of nitrogens with zero attached hydrogens (tertiary/aromatic N) is 3. The second-order valence-electron chi connectivity index (χ2n) is 6.37. The van der Waals surface area contributed by atoms with Crippen LogP contribution >= 0.6 is 11.8 Å². The number of hydrogen-bond donors (Lipinski definition) is 1. The summed E-state index contributed by atoms with van der Waals surface area (Å²) in [7, 11) is 0. The molecule has 0 saturated heterocycles. The maximum atomic E-state index is 12.3. The van der Waals surface area contributed by atoms with Crippen molar-refractivity contribution in [3.05, 3.63) is 65.6 Å². The minimum atomic E-state index is -0.0460. The van der Waals surface area contributed by atoms with Crippen molar-refractivity contribution in [2.45, 2.75) is 32.5 Å². The summed E-state index contributed by atoms with van der Waals surface area (Å²) in [4.78, 5) is 20.8. The number of hydrogen-bond acceptors (Lipinski definition) is 5. The Kier molecular flexibility index (Phi) is 6.71. The molecule has 1 N–H and O–H groups in total. The van der Waals surface area contributed by atoms with Crippen LogP contribution in [-0.4, -0.2) is 32.8 Å². The van der Waals surface area contributed by atoms with Crippen LogP contribution in [-0.2, 0) is 11.3 Å². The summed E-state index contributed by atoms with van der Waals surface area (Å²) < 4.78 is 7.41. The van der Waals surface area contributed by atoms with Crippen molar-refractivity contribution in [2.75, 3.05) is 12.4 Å². The monoisotopic (exact) mass is 396 g/mol. The molecule has 0 bridgehead atoms.